The maximum atomic E-state index is 12.0. The summed E-state index contributed by atoms with van der Waals surface area (Å²) in [5.74, 6) is -0.902. The Balaban J connectivity index is 2.49. The third kappa shape index (κ3) is 4.59. The highest BCUT2D eigenvalue weighted by atomic mass is 32.2. The number of sulfone groups is 1. The molecule has 0 saturated carbocycles. The topological polar surface area (TPSA) is 104 Å². The van der Waals surface area contributed by atoms with E-state index in [1.165, 1.54) is 4.90 Å². The van der Waals surface area contributed by atoms with Crippen LogP contribution in [0.2, 0.25) is 0 Å². The highest BCUT2D eigenvalue weighted by Gasteiger charge is 2.48. The first-order chi connectivity index (χ1) is 9.58. The van der Waals surface area contributed by atoms with Crippen molar-refractivity contribution in [2.45, 2.75) is 26.7 Å². The molecule has 1 unspecified atom stereocenters. The fraction of sp³-hybridized carbons (Fsp3) is 0.846. The molecule has 0 aliphatic carbocycles. The van der Waals surface area contributed by atoms with E-state index in [1.54, 1.807) is 0 Å². The van der Waals surface area contributed by atoms with Gasteiger partial charge in [-0.25, -0.2) is 13.2 Å². The van der Waals surface area contributed by atoms with E-state index in [9.17, 15) is 23.1 Å². The largest absolute Gasteiger partial charge is 0.481 e. The number of nitrogens with zero attached hydrogens (tertiary/aromatic N) is 1. The van der Waals surface area contributed by atoms with E-state index >= 15 is 0 Å². The van der Waals surface area contributed by atoms with E-state index in [0.29, 0.717) is 19.4 Å². The maximum Gasteiger partial charge on any atom is 0.317 e. The Morgan fingerprint density at radius 2 is 2.00 bits per heavy atom. The van der Waals surface area contributed by atoms with E-state index in [0.717, 1.165) is 6.26 Å². The SMILES string of the molecule is CC(C)C1(C(=O)O)CCN(C(=O)NCCCS(C)(=O)=O)C1. The van der Waals surface area contributed by atoms with Crippen molar-refractivity contribution in [3.8, 4) is 0 Å². The van der Waals surface area contributed by atoms with Crippen molar-refractivity contribution in [3.05, 3.63) is 0 Å². The standard InChI is InChI=1S/C13H24N2O5S/c1-10(2)13(11(16)17)5-7-15(9-13)12(18)14-6-4-8-21(3,19)20/h10H,4-9H2,1-3H3,(H,14,18)(H,16,17). The molecule has 0 spiro atoms. The number of carbonyl (C=O) groups is 2. The number of carboxylic acid groups (broad SMARTS) is 1. The zero-order valence-corrected chi connectivity index (χ0v) is 13.6. The van der Waals surface area contributed by atoms with Gasteiger partial charge in [0.05, 0.1) is 11.2 Å². The van der Waals surface area contributed by atoms with Crippen LogP contribution in [0.25, 0.3) is 0 Å². The molecule has 1 aliphatic rings. The molecule has 0 bridgehead atoms. The Hall–Kier alpha value is -1.31. The van der Waals surface area contributed by atoms with Crippen LogP contribution in [0, 0.1) is 11.3 Å². The molecule has 0 radical (unpaired) electrons. The van der Waals surface area contributed by atoms with Crippen LogP contribution in [0.1, 0.15) is 26.7 Å². The van der Waals surface area contributed by atoms with Gasteiger partial charge in [-0.1, -0.05) is 13.8 Å². The summed E-state index contributed by atoms with van der Waals surface area (Å²) in [6, 6.07) is -0.327. The lowest BCUT2D eigenvalue weighted by Gasteiger charge is -2.28. The molecule has 1 aliphatic heterocycles. The van der Waals surface area contributed by atoms with Gasteiger partial charge in [0, 0.05) is 25.9 Å². The average Bonchev–Trinajstić information content (AvgIpc) is 2.79. The number of urea groups is 1. The minimum atomic E-state index is -3.02. The van der Waals surface area contributed by atoms with Gasteiger partial charge in [0.2, 0.25) is 0 Å². The van der Waals surface area contributed by atoms with E-state index in [1.807, 2.05) is 13.8 Å². The van der Waals surface area contributed by atoms with E-state index < -0.39 is 21.2 Å². The number of carbonyl (C=O) groups excluding carboxylic acids is 1. The van der Waals surface area contributed by atoms with Crippen LogP contribution in [-0.2, 0) is 14.6 Å². The number of amides is 2. The summed E-state index contributed by atoms with van der Waals surface area (Å²) in [5, 5.41) is 12.1. The Labute approximate surface area is 125 Å². The van der Waals surface area contributed by atoms with Gasteiger partial charge in [-0.15, -0.1) is 0 Å². The smallest absolute Gasteiger partial charge is 0.317 e. The molecule has 2 amide bonds. The molecular weight excluding hydrogens is 296 g/mol. The first-order valence-electron chi connectivity index (χ1n) is 7.02. The van der Waals surface area contributed by atoms with Crippen molar-refractivity contribution < 1.29 is 23.1 Å². The van der Waals surface area contributed by atoms with Gasteiger partial charge in [-0.3, -0.25) is 4.79 Å². The van der Waals surface area contributed by atoms with Crippen molar-refractivity contribution in [1.82, 2.24) is 10.2 Å². The summed E-state index contributed by atoms with van der Waals surface area (Å²) < 4.78 is 22.0. The van der Waals surface area contributed by atoms with Crippen molar-refractivity contribution in [2.24, 2.45) is 11.3 Å². The van der Waals surface area contributed by atoms with Gasteiger partial charge in [-0.2, -0.15) is 0 Å². The Kier molecular flexibility index (Phi) is 5.61. The molecule has 1 rings (SSSR count). The average molecular weight is 320 g/mol. The van der Waals surface area contributed by atoms with Crippen LogP contribution >= 0.6 is 0 Å². The van der Waals surface area contributed by atoms with Crippen molar-refractivity contribution in [1.29, 1.82) is 0 Å². The lowest BCUT2D eigenvalue weighted by molar-refractivity contribution is -0.150. The number of nitrogens with one attached hydrogen (secondary N) is 1. The summed E-state index contributed by atoms with van der Waals surface area (Å²) in [6.07, 6.45) is 1.95. The molecule has 1 heterocycles. The lowest BCUT2D eigenvalue weighted by Crippen LogP contribution is -2.44. The lowest BCUT2D eigenvalue weighted by atomic mass is 9.76. The number of aliphatic carboxylic acids is 1. The fourth-order valence-electron chi connectivity index (χ4n) is 2.54. The number of carboxylic acids is 1. The van der Waals surface area contributed by atoms with E-state index in [2.05, 4.69) is 5.32 Å². The normalized spacial score (nSPS) is 22.6. The first kappa shape index (κ1) is 17.7. The van der Waals surface area contributed by atoms with Crippen LogP contribution in [0.5, 0.6) is 0 Å². The molecule has 0 aromatic rings. The molecule has 1 saturated heterocycles. The van der Waals surface area contributed by atoms with Crippen LogP contribution in [-0.4, -0.2) is 62.1 Å². The predicted octanol–water partition coefficient (Wildman–Crippen LogP) is 0.563. The molecule has 1 atom stereocenters. The van der Waals surface area contributed by atoms with Crippen LogP contribution in [0.3, 0.4) is 0 Å². The van der Waals surface area contributed by atoms with Gasteiger partial charge in [0.15, 0.2) is 0 Å². The zero-order chi connectivity index (χ0) is 16.3. The second kappa shape index (κ2) is 6.64. The summed E-state index contributed by atoms with van der Waals surface area (Å²) in [5.41, 5.74) is -0.885. The summed E-state index contributed by atoms with van der Waals surface area (Å²) in [7, 11) is -3.02. The highest BCUT2D eigenvalue weighted by molar-refractivity contribution is 7.90. The Morgan fingerprint density at radius 1 is 1.38 bits per heavy atom. The predicted molar refractivity (Wildman–Crippen MR) is 78.8 cm³/mol. The molecule has 122 valence electrons. The number of likely N-dealkylation sites (tertiary alicyclic amines) is 1. The van der Waals surface area contributed by atoms with Crippen LogP contribution in [0.15, 0.2) is 0 Å². The molecule has 7 nitrogen and oxygen atoms in total. The highest BCUT2D eigenvalue weighted by Crippen LogP contribution is 2.38. The molecule has 21 heavy (non-hydrogen) atoms. The summed E-state index contributed by atoms with van der Waals surface area (Å²) in [6.45, 7) is 4.56. The van der Waals surface area contributed by atoms with Crippen LogP contribution < -0.4 is 5.32 Å². The minimum absolute atomic E-state index is 0.0261. The quantitative estimate of drug-likeness (QED) is 0.696. The molecule has 2 N–H and O–H groups in total. The second-order valence-corrected chi connectivity index (χ2v) is 8.26. The van der Waals surface area contributed by atoms with Gasteiger partial charge in [-0.05, 0) is 18.8 Å². The second-order valence-electron chi connectivity index (χ2n) is 6.00. The first-order valence-corrected chi connectivity index (χ1v) is 9.08. The van der Waals surface area contributed by atoms with E-state index in [-0.39, 0.29) is 30.8 Å². The molecule has 0 aromatic heterocycles. The van der Waals surface area contributed by atoms with Crippen molar-refractivity contribution >= 4 is 21.8 Å². The van der Waals surface area contributed by atoms with Crippen molar-refractivity contribution in [3.63, 3.8) is 0 Å². The van der Waals surface area contributed by atoms with Gasteiger partial charge < -0.3 is 15.3 Å². The van der Waals surface area contributed by atoms with Gasteiger partial charge >= 0.3 is 12.0 Å². The molecule has 8 heteroatoms. The van der Waals surface area contributed by atoms with Gasteiger partial charge in [0.1, 0.15) is 9.84 Å². The fourth-order valence-corrected chi connectivity index (χ4v) is 3.21. The third-order valence-electron chi connectivity index (χ3n) is 4.09. The van der Waals surface area contributed by atoms with Gasteiger partial charge in [0.25, 0.3) is 0 Å². The molecule has 0 aromatic carbocycles. The third-order valence-corrected chi connectivity index (χ3v) is 5.12. The molecular formula is C13H24N2O5S. The van der Waals surface area contributed by atoms with E-state index in [4.69, 9.17) is 0 Å². The monoisotopic (exact) mass is 320 g/mol. The number of hydrogen-bond acceptors (Lipinski definition) is 4. The summed E-state index contributed by atoms with van der Waals surface area (Å²) in [4.78, 5) is 24.9. The summed E-state index contributed by atoms with van der Waals surface area (Å²) >= 11 is 0. The van der Waals surface area contributed by atoms with Crippen molar-refractivity contribution in [2.75, 3.05) is 31.6 Å². The Bertz CT molecular complexity index is 503. The maximum absolute atomic E-state index is 12.0. The zero-order valence-electron chi connectivity index (χ0n) is 12.8. The Morgan fingerprint density at radius 3 is 2.43 bits per heavy atom. The molecule has 1 fully saturated rings. The minimum Gasteiger partial charge on any atom is -0.481 e. The number of hydrogen-bond donors (Lipinski definition) is 2. The van der Waals surface area contributed by atoms with Crippen LogP contribution in [0.4, 0.5) is 4.79 Å². The number of rotatable bonds is 6.